The largest absolute Gasteiger partial charge is 0.473 e. The first-order valence-electron chi connectivity index (χ1n) is 5.37. The molecule has 0 radical (unpaired) electrons. The molecule has 1 aromatic carbocycles. The van der Waals surface area contributed by atoms with Crippen LogP contribution in [-0.2, 0) is 6.54 Å². The first kappa shape index (κ1) is 10.9. The predicted molar refractivity (Wildman–Crippen MR) is 60.1 cm³/mol. The van der Waals surface area contributed by atoms with Gasteiger partial charge < -0.3 is 9.64 Å². The minimum absolute atomic E-state index is 0.210. The van der Waals surface area contributed by atoms with Crippen LogP contribution in [0, 0.1) is 11.6 Å². The molecule has 1 aromatic heterocycles. The molecular formula is C12H9F2N3O. The molecule has 0 atom stereocenters. The van der Waals surface area contributed by atoms with Crippen LogP contribution in [-0.4, -0.2) is 16.7 Å². The third kappa shape index (κ3) is 1.85. The second-order valence-corrected chi connectivity index (χ2v) is 3.89. The number of fused-ring (bicyclic) bond motifs is 1. The van der Waals surface area contributed by atoms with Crippen LogP contribution < -0.4 is 9.64 Å². The predicted octanol–water partition coefficient (Wildman–Crippen LogP) is 2.11. The average molecular weight is 249 g/mol. The third-order valence-corrected chi connectivity index (χ3v) is 2.68. The van der Waals surface area contributed by atoms with Gasteiger partial charge >= 0.3 is 0 Å². The molecule has 0 spiro atoms. The van der Waals surface area contributed by atoms with E-state index in [-0.39, 0.29) is 6.73 Å². The molecule has 2 aromatic rings. The lowest BCUT2D eigenvalue weighted by Crippen LogP contribution is -2.33. The molecule has 0 saturated heterocycles. The molecule has 0 N–H and O–H groups in total. The molecule has 1 aliphatic rings. The number of anilines is 1. The molecule has 0 aliphatic carbocycles. The van der Waals surface area contributed by atoms with Gasteiger partial charge in [0.25, 0.3) is 0 Å². The van der Waals surface area contributed by atoms with Crippen LogP contribution in [0.1, 0.15) is 5.56 Å². The highest BCUT2D eigenvalue weighted by molar-refractivity contribution is 5.42. The molecule has 18 heavy (non-hydrogen) atoms. The van der Waals surface area contributed by atoms with E-state index in [4.69, 9.17) is 4.74 Å². The SMILES string of the molecule is Fc1cc2c(cc1F)OCN(c1ncccn1)C2. The van der Waals surface area contributed by atoms with E-state index < -0.39 is 11.6 Å². The van der Waals surface area contributed by atoms with Crippen LogP contribution in [0.25, 0.3) is 0 Å². The Morgan fingerprint density at radius 1 is 1.11 bits per heavy atom. The molecule has 0 fully saturated rings. The highest BCUT2D eigenvalue weighted by Gasteiger charge is 2.21. The van der Waals surface area contributed by atoms with Crippen molar-refractivity contribution < 1.29 is 13.5 Å². The van der Waals surface area contributed by atoms with Gasteiger partial charge in [0, 0.05) is 24.0 Å². The van der Waals surface area contributed by atoms with Crippen LogP contribution in [0.3, 0.4) is 0 Å². The Kier molecular flexibility index (Phi) is 2.55. The molecule has 0 bridgehead atoms. The van der Waals surface area contributed by atoms with Crippen LogP contribution >= 0.6 is 0 Å². The maximum Gasteiger partial charge on any atom is 0.228 e. The maximum atomic E-state index is 13.2. The van der Waals surface area contributed by atoms with Crippen molar-refractivity contribution in [2.75, 3.05) is 11.6 Å². The summed E-state index contributed by atoms with van der Waals surface area (Å²) in [6, 6.07) is 3.91. The fourth-order valence-corrected chi connectivity index (χ4v) is 1.81. The Labute approximate surface area is 102 Å². The van der Waals surface area contributed by atoms with Crippen LogP contribution in [0.15, 0.2) is 30.6 Å². The summed E-state index contributed by atoms with van der Waals surface area (Å²) in [7, 11) is 0. The monoisotopic (exact) mass is 249 g/mol. The summed E-state index contributed by atoms with van der Waals surface area (Å²) in [5.41, 5.74) is 0.576. The van der Waals surface area contributed by atoms with E-state index in [2.05, 4.69) is 9.97 Å². The zero-order valence-corrected chi connectivity index (χ0v) is 9.31. The van der Waals surface area contributed by atoms with Gasteiger partial charge in [-0.3, -0.25) is 0 Å². The van der Waals surface area contributed by atoms with Gasteiger partial charge in [-0.1, -0.05) is 0 Å². The Balaban J connectivity index is 1.92. The topological polar surface area (TPSA) is 38.2 Å². The van der Waals surface area contributed by atoms with Gasteiger partial charge in [-0.15, -0.1) is 0 Å². The van der Waals surface area contributed by atoms with Crippen molar-refractivity contribution in [1.29, 1.82) is 0 Å². The number of benzene rings is 1. The highest BCUT2D eigenvalue weighted by atomic mass is 19.2. The average Bonchev–Trinajstić information content (AvgIpc) is 2.41. The minimum Gasteiger partial charge on any atom is -0.473 e. The van der Waals surface area contributed by atoms with E-state index in [1.807, 2.05) is 0 Å². The van der Waals surface area contributed by atoms with E-state index in [1.54, 1.807) is 23.4 Å². The van der Waals surface area contributed by atoms with Gasteiger partial charge in [0.1, 0.15) is 5.75 Å². The van der Waals surface area contributed by atoms with Crippen LogP contribution in [0.4, 0.5) is 14.7 Å². The van der Waals surface area contributed by atoms with Crippen molar-refractivity contribution in [2.24, 2.45) is 0 Å². The van der Waals surface area contributed by atoms with E-state index in [1.165, 1.54) is 0 Å². The van der Waals surface area contributed by atoms with Crippen molar-refractivity contribution >= 4 is 5.95 Å². The smallest absolute Gasteiger partial charge is 0.228 e. The summed E-state index contributed by atoms with van der Waals surface area (Å²) >= 11 is 0. The van der Waals surface area contributed by atoms with Gasteiger partial charge in [0.15, 0.2) is 18.4 Å². The first-order chi connectivity index (χ1) is 8.74. The maximum absolute atomic E-state index is 13.2. The van der Waals surface area contributed by atoms with Crippen molar-refractivity contribution in [3.63, 3.8) is 0 Å². The number of halogens is 2. The molecule has 4 nitrogen and oxygen atoms in total. The number of rotatable bonds is 1. The van der Waals surface area contributed by atoms with E-state index in [0.29, 0.717) is 23.8 Å². The molecule has 2 heterocycles. The molecule has 92 valence electrons. The van der Waals surface area contributed by atoms with Gasteiger partial charge in [-0.2, -0.15) is 0 Å². The van der Waals surface area contributed by atoms with Crippen molar-refractivity contribution in [3.8, 4) is 5.75 Å². The number of ether oxygens (including phenoxy) is 1. The summed E-state index contributed by atoms with van der Waals surface area (Å²) in [6.45, 7) is 0.596. The van der Waals surface area contributed by atoms with Crippen molar-refractivity contribution in [3.05, 3.63) is 47.8 Å². The summed E-state index contributed by atoms with van der Waals surface area (Å²) in [6.07, 6.45) is 3.23. The standard InChI is InChI=1S/C12H9F2N3O/c13-9-4-8-6-17(12-15-2-1-3-16-12)7-18-11(8)5-10(9)14/h1-5H,6-7H2. The Morgan fingerprint density at radius 3 is 2.61 bits per heavy atom. The minimum atomic E-state index is -0.904. The van der Waals surface area contributed by atoms with Gasteiger partial charge in [-0.05, 0) is 12.1 Å². The van der Waals surface area contributed by atoms with E-state index in [9.17, 15) is 8.78 Å². The van der Waals surface area contributed by atoms with Crippen molar-refractivity contribution in [2.45, 2.75) is 6.54 Å². The lowest BCUT2D eigenvalue weighted by atomic mass is 10.1. The summed E-state index contributed by atoms with van der Waals surface area (Å²) in [4.78, 5) is 9.90. The number of nitrogens with zero attached hydrogens (tertiary/aromatic N) is 3. The fourth-order valence-electron chi connectivity index (χ4n) is 1.81. The highest BCUT2D eigenvalue weighted by Crippen LogP contribution is 2.28. The van der Waals surface area contributed by atoms with Gasteiger partial charge in [-0.25, -0.2) is 18.7 Å². The number of aromatic nitrogens is 2. The number of hydrogen-bond acceptors (Lipinski definition) is 4. The Hall–Kier alpha value is -2.24. The first-order valence-corrected chi connectivity index (χ1v) is 5.37. The second-order valence-electron chi connectivity index (χ2n) is 3.89. The lowest BCUT2D eigenvalue weighted by Gasteiger charge is -2.28. The normalized spacial score (nSPS) is 14.0. The van der Waals surface area contributed by atoms with Crippen molar-refractivity contribution in [1.82, 2.24) is 9.97 Å². The third-order valence-electron chi connectivity index (χ3n) is 2.68. The fraction of sp³-hybridized carbons (Fsp3) is 0.167. The Morgan fingerprint density at radius 2 is 1.83 bits per heavy atom. The van der Waals surface area contributed by atoms with E-state index in [0.717, 1.165) is 12.1 Å². The molecule has 1 aliphatic heterocycles. The summed E-state index contributed by atoms with van der Waals surface area (Å²) in [5, 5.41) is 0. The summed E-state index contributed by atoms with van der Waals surface area (Å²) < 4.78 is 31.6. The van der Waals surface area contributed by atoms with Gasteiger partial charge in [0.05, 0.1) is 6.54 Å². The molecule has 0 amide bonds. The lowest BCUT2D eigenvalue weighted by molar-refractivity contribution is 0.283. The Bertz CT molecular complexity index is 577. The van der Waals surface area contributed by atoms with Crippen LogP contribution in [0.5, 0.6) is 5.75 Å². The van der Waals surface area contributed by atoms with Gasteiger partial charge in [0.2, 0.25) is 5.95 Å². The van der Waals surface area contributed by atoms with Crippen LogP contribution in [0.2, 0.25) is 0 Å². The zero-order chi connectivity index (χ0) is 12.5. The molecular weight excluding hydrogens is 240 g/mol. The molecule has 3 rings (SSSR count). The number of hydrogen-bond donors (Lipinski definition) is 0. The molecule has 0 saturated carbocycles. The quantitative estimate of drug-likeness (QED) is 0.775. The second kappa shape index (κ2) is 4.21. The molecule has 0 unspecified atom stereocenters. The molecule has 6 heteroatoms. The van der Waals surface area contributed by atoms with E-state index >= 15 is 0 Å². The summed E-state index contributed by atoms with van der Waals surface area (Å²) in [5.74, 6) is -0.930. The zero-order valence-electron chi connectivity index (χ0n) is 9.31.